The summed E-state index contributed by atoms with van der Waals surface area (Å²) in [5.41, 5.74) is 8.89. The molecule has 5 aromatic rings. The minimum Gasteiger partial charge on any atom is -0.469 e. The van der Waals surface area contributed by atoms with Crippen LogP contribution in [0.25, 0.3) is 22.2 Å². The maximum Gasteiger partial charge on any atom is 0.137 e. The molecule has 0 aliphatic carbocycles. The van der Waals surface area contributed by atoms with Gasteiger partial charge >= 0.3 is 0 Å². The molecule has 32 heavy (non-hydrogen) atoms. The number of hydrogen-bond donors (Lipinski definition) is 0. The van der Waals surface area contributed by atoms with Crippen molar-refractivity contribution in [1.29, 1.82) is 0 Å². The molecule has 4 nitrogen and oxygen atoms in total. The van der Waals surface area contributed by atoms with E-state index in [1.807, 2.05) is 18.2 Å². The van der Waals surface area contributed by atoms with Gasteiger partial charge in [0.05, 0.1) is 23.9 Å². The Morgan fingerprint density at radius 2 is 1.41 bits per heavy atom. The van der Waals surface area contributed by atoms with Crippen LogP contribution in [0, 0.1) is 13.8 Å². The molecule has 1 aliphatic heterocycles. The van der Waals surface area contributed by atoms with Crippen molar-refractivity contribution in [3.8, 4) is 11.3 Å². The lowest BCUT2D eigenvalue weighted by atomic mass is 9.98. The fourth-order valence-electron chi connectivity index (χ4n) is 3.89. The van der Waals surface area contributed by atoms with Crippen molar-refractivity contribution in [3.05, 3.63) is 113 Å². The molecule has 0 saturated heterocycles. The van der Waals surface area contributed by atoms with Crippen molar-refractivity contribution >= 4 is 16.7 Å². The minimum atomic E-state index is 0.823. The Balaban J connectivity index is 0.000000135. The van der Waals surface area contributed by atoms with Gasteiger partial charge in [-0.15, -0.1) is 0 Å². The van der Waals surface area contributed by atoms with E-state index in [1.54, 1.807) is 18.7 Å². The normalized spacial score (nSPS) is 12.6. The summed E-state index contributed by atoms with van der Waals surface area (Å²) in [6.07, 6.45) is 6.14. The smallest absolute Gasteiger partial charge is 0.137 e. The van der Waals surface area contributed by atoms with Crippen molar-refractivity contribution < 1.29 is 8.83 Å². The van der Waals surface area contributed by atoms with Crippen LogP contribution in [0.15, 0.2) is 99.3 Å². The summed E-state index contributed by atoms with van der Waals surface area (Å²) >= 11 is 0. The first kappa shape index (κ1) is 20.0. The molecule has 0 amide bonds. The van der Waals surface area contributed by atoms with Gasteiger partial charge in [-0.05, 0) is 32.0 Å². The first-order valence-electron chi connectivity index (χ1n) is 10.8. The van der Waals surface area contributed by atoms with Crippen LogP contribution in [0.5, 0.6) is 0 Å². The molecule has 3 aromatic heterocycles. The van der Waals surface area contributed by atoms with Crippen LogP contribution in [0.3, 0.4) is 0 Å². The topological polar surface area (TPSA) is 51.5 Å². The van der Waals surface area contributed by atoms with Crippen molar-refractivity contribution in [1.82, 2.24) is 4.98 Å². The SMILES string of the molecule is Cc1ccc(-c2nccc3occc23)cc1.Cc1ccc(C2=NCCc3occc32)cc1. The van der Waals surface area contributed by atoms with E-state index in [-0.39, 0.29) is 0 Å². The molecule has 6 rings (SSSR count). The summed E-state index contributed by atoms with van der Waals surface area (Å²) in [5, 5.41) is 1.06. The molecule has 158 valence electrons. The fraction of sp³-hybridized carbons (Fsp3) is 0.143. The number of aryl methyl sites for hydroxylation is 2. The number of furan rings is 2. The summed E-state index contributed by atoms with van der Waals surface area (Å²) in [7, 11) is 0. The van der Waals surface area contributed by atoms with Gasteiger partial charge in [0, 0.05) is 41.2 Å². The maximum absolute atomic E-state index is 5.45. The molecule has 0 unspecified atom stereocenters. The molecule has 0 atom stereocenters. The Morgan fingerprint density at radius 3 is 2.16 bits per heavy atom. The molecular weight excluding hydrogens is 396 g/mol. The van der Waals surface area contributed by atoms with Gasteiger partial charge in [-0.2, -0.15) is 0 Å². The molecule has 0 bridgehead atoms. The van der Waals surface area contributed by atoms with Gasteiger partial charge in [0.1, 0.15) is 11.3 Å². The number of benzene rings is 2. The van der Waals surface area contributed by atoms with Gasteiger partial charge in [0.15, 0.2) is 0 Å². The number of aliphatic imine (C=N–C) groups is 1. The number of hydrogen-bond acceptors (Lipinski definition) is 4. The largest absolute Gasteiger partial charge is 0.469 e. The molecule has 2 aromatic carbocycles. The fourth-order valence-corrected chi connectivity index (χ4v) is 3.89. The Hall–Kier alpha value is -3.92. The summed E-state index contributed by atoms with van der Waals surface area (Å²) in [5.74, 6) is 1.06. The van der Waals surface area contributed by atoms with Crippen molar-refractivity contribution in [3.63, 3.8) is 0 Å². The molecule has 0 radical (unpaired) electrons. The Labute approximate surface area is 187 Å². The number of nitrogens with zero attached hydrogens (tertiary/aromatic N) is 2. The van der Waals surface area contributed by atoms with E-state index < -0.39 is 0 Å². The van der Waals surface area contributed by atoms with Crippen LogP contribution in [0.4, 0.5) is 0 Å². The van der Waals surface area contributed by atoms with E-state index in [0.29, 0.717) is 0 Å². The summed E-state index contributed by atoms with van der Waals surface area (Å²) < 4.78 is 10.8. The number of fused-ring (bicyclic) bond motifs is 2. The van der Waals surface area contributed by atoms with E-state index in [0.717, 1.165) is 52.2 Å². The maximum atomic E-state index is 5.45. The second-order valence-corrected chi connectivity index (χ2v) is 7.96. The van der Waals surface area contributed by atoms with Crippen LogP contribution in [0.1, 0.15) is 28.0 Å². The van der Waals surface area contributed by atoms with E-state index in [4.69, 9.17) is 8.83 Å². The zero-order chi connectivity index (χ0) is 21.9. The predicted octanol–water partition coefficient (Wildman–Crippen LogP) is 6.78. The Kier molecular flexibility index (Phi) is 5.42. The van der Waals surface area contributed by atoms with Crippen LogP contribution in [-0.4, -0.2) is 17.2 Å². The van der Waals surface area contributed by atoms with Gasteiger partial charge in [-0.3, -0.25) is 9.98 Å². The highest BCUT2D eigenvalue weighted by Gasteiger charge is 2.17. The number of pyridine rings is 1. The lowest BCUT2D eigenvalue weighted by molar-refractivity contribution is 0.508. The average molecular weight is 421 g/mol. The molecule has 0 spiro atoms. The second kappa shape index (κ2) is 8.67. The van der Waals surface area contributed by atoms with Gasteiger partial charge in [-0.1, -0.05) is 59.7 Å². The van der Waals surface area contributed by atoms with E-state index in [1.165, 1.54) is 16.7 Å². The van der Waals surface area contributed by atoms with Crippen LogP contribution >= 0.6 is 0 Å². The molecule has 0 saturated carbocycles. The third-order valence-corrected chi connectivity index (χ3v) is 5.64. The minimum absolute atomic E-state index is 0.823. The lowest BCUT2D eigenvalue weighted by Crippen LogP contribution is -2.11. The summed E-state index contributed by atoms with van der Waals surface area (Å²) in [4.78, 5) is 9.02. The first-order valence-corrected chi connectivity index (χ1v) is 10.8. The number of aromatic nitrogens is 1. The molecule has 1 aliphatic rings. The standard InChI is InChI=1S/C14H13NO.C14H11NO/c2*1-10-2-4-11(5-3-10)14-12-7-9-16-13(12)6-8-15-14/h2-5,7,9H,6,8H2,1H3;2-9H,1H3. The molecule has 4 heteroatoms. The number of rotatable bonds is 2. The predicted molar refractivity (Wildman–Crippen MR) is 128 cm³/mol. The highest BCUT2D eigenvalue weighted by Crippen LogP contribution is 2.27. The molecule has 4 heterocycles. The van der Waals surface area contributed by atoms with Crippen LogP contribution in [-0.2, 0) is 6.42 Å². The van der Waals surface area contributed by atoms with Gasteiger partial charge in [0.2, 0.25) is 0 Å². The highest BCUT2D eigenvalue weighted by molar-refractivity contribution is 6.14. The third kappa shape index (κ3) is 4.00. The van der Waals surface area contributed by atoms with E-state index in [2.05, 4.69) is 72.4 Å². The Morgan fingerprint density at radius 1 is 0.719 bits per heavy atom. The van der Waals surface area contributed by atoms with E-state index >= 15 is 0 Å². The van der Waals surface area contributed by atoms with Crippen molar-refractivity contribution in [2.75, 3.05) is 6.54 Å². The quantitative estimate of drug-likeness (QED) is 0.316. The monoisotopic (exact) mass is 420 g/mol. The second-order valence-electron chi connectivity index (χ2n) is 7.96. The third-order valence-electron chi connectivity index (χ3n) is 5.64. The van der Waals surface area contributed by atoms with Gasteiger partial charge < -0.3 is 8.83 Å². The van der Waals surface area contributed by atoms with Crippen molar-refractivity contribution in [2.24, 2.45) is 4.99 Å². The summed E-state index contributed by atoms with van der Waals surface area (Å²) in [6.45, 7) is 5.00. The Bertz CT molecular complexity index is 1370. The molecule has 0 N–H and O–H groups in total. The lowest BCUT2D eigenvalue weighted by Gasteiger charge is -2.12. The van der Waals surface area contributed by atoms with Gasteiger partial charge in [-0.25, -0.2) is 0 Å². The van der Waals surface area contributed by atoms with Crippen molar-refractivity contribution in [2.45, 2.75) is 20.3 Å². The highest BCUT2D eigenvalue weighted by atomic mass is 16.3. The van der Waals surface area contributed by atoms with Gasteiger partial charge in [0.25, 0.3) is 0 Å². The zero-order valence-electron chi connectivity index (χ0n) is 18.2. The zero-order valence-corrected chi connectivity index (χ0v) is 18.2. The average Bonchev–Trinajstić information content (AvgIpc) is 3.50. The molecule has 0 fully saturated rings. The van der Waals surface area contributed by atoms with Crippen LogP contribution < -0.4 is 0 Å². The van der Waals surface area contributed by atoms with E-state index in [9.17, 15) is 0 Å². The van der Waals surface area contributed by atoms with Crippen LogP contribution in [0.2, 0.25) is 0 Å². The molecular formula is C28H24N2O2. The first-order chi connectivity index (χ1) is 15.7. The summed E-state index contributed by atoms with van der Waals surface area (Å²) in [6, 6.07) is 22.7.